The fraction of sp³-hybridized carbons (Fsp3) is 0.250. The summed E-state index contributed by atoms with van der Waals surface area (Å²) >= 11 is 11.9. The zero-order valence-electron chi connectivity index (χ0n) is 14.7. The molecule has 2 N–H and O–H groups in total. The first-order valence-electron chi connectivity index (χ1n) is 8.40. The summed E-state index contributed by atoms with van der Waals surface area (Å²) < 4.78 is 0. The van der Waals surface area contributed by atoms with Crippen molar-refractivity contribution in [2.45, 2.75) is 26.6 Å². The third-order valence-electron chi connectivity index (χ3n) is 3.59. The van der Waals surface area contributed by atoms with Gasteiger partial charge < -0.3 is 10.1 Å². The Bertz CT molecular complexity index is 696. The van der Waals surface area contributed by atoms with Crippen LogP contribution in [-0.2, 0) is 19.6 Å². The molecule has 4 nitrogen and oxygen atoms in total. The summed E-state index contributed by atoms with van der Waals surface area (Å²) in [5, 5.41) is 9.08. The minimum absolute atomic E-state index is 0.250. The lowest BCUT2D eigenvalue weighted by atomic mass is 10.1. The molecular formula is C20H23Cl2N3O. The predicted molar refractivity (Wildman–Crippen MR) is 107 cm³/mol. The number of rotatable bonds is 6. The van der Waals surface area contributed by atoms with Crippen molar-refractivity contribution in [3.63, 3.8) is 0 Å². The zero-order valence-corrected chi connectivity index (χ0v) is 16.2. The minimum Gasteiger partial charge on any atom is -0.397 e. The smallest absolute Gasteiger partial charge is 0.0922 e. The molecule has 3 aromatic rings. The van der Waals surface area contributed by atoms with Crippen molar-refractivity contribution in [3.05, 3.63) is 87.9 Å². The molecule has 0 atom stereocenters. The summed E-state index contributed by atoms with van der Waals surface area (Å²) in [6.45, 7) is 4.39. The minimum atomic E-state index is 0.250. The summed E-state index contributed by atoms with van der Waals surface area (Å²) in [5.74, 6) is 0. The average molecular weight is 392 g/mol. The number of imidazole rings is 1. The first-order valence-corrected chi connectivity index (χ1v) is 9.15. The Morgan fingerprint density at radius 2 is 1.35 bits per heavy atom. The lowest BCUT2D eigenvalue weighted by Gasteiger charge is -2.22. The Balaban J connectivity index is 0.000000758. The summed E-state index contributed by atoms with van der Waals surface area (Å²) in [4.78, 5) is 9.61. The molecule has 0 aliphatic carbocycles. The highest BCUT2D eigenvalue weighted by Gasteiger charge is 2.09. The van der Waals surface area contributed by atoms with Crippen molar-refractivity contribution >= 4 is 23.2 Å². The van der Waals surface area contributed by atoms with Gasteiger partial charge in [0.15, 0.2) is 0 Å². The van der Waals surface area contributed by atoms with E-state index in [9.17, 15) is 0 Å². The molecule has 0 unspecified atom stereocenters. The molecule has 0 fully saturated rings. The average Bonchev–Trinajstić information content (AvgIpc) is 3.13. The van der Waals surface area contributed by atoms with Gasteiger partial charge in [-0.05, 0) is 42.3 Å². The van der Waals surface area contributed by atoms with Gasteiger partial charge in [-0.3, -0.25) is 4.90 Å². The fourth-order valence-electron chi connectivity index (χ4n) is 2.48. The van der Waals surface area contributed by atoms with Crippen LogP contribution in [0.3, 0.4) is 0 Å². The molecule has 2 aromatic carbocycles. The van der Waals surface area contributed by atoms with E-state index in [4.69, 9.17) is 28.3 Å². The molecule has 6 heteroatoms. The van der Waals surface area contributed by atoms with Crippen LogP contribution in [0.15, 0.2) is 61.1 Å². The van der Waals surface area contributed by atoms with E-state index in [1.165, 1.54) is 11.1 Å². The van der Waals surface area contributed by atoms with Gasteiger partial charge in [0.25, 0.3) is 0 Å². The van der Waals surface area contributed by atoms with Crippen molar-refractivity contribution in [1.82, 2.24) is 14.9 Å². The summed E-state index contributed by atoms with van der Waals surface area (Å²) in [6.07, 6.45) is 3.56. The van der Waals surface area contributed by atoms with Gasteiger partial charge in [0.1, 0.15) is 0 Å². The number of aromatic nitrogens is 2. The lowest BCUT2D eigenvalue weighted by Crippen LogP contribution is -2.22. The number of hydrogen-bond acceptors (Lipinski definition) is 3. The van der Waals surface area contributed by atoms with Crippen molar-refractivity contribution < 1.29 is 5.11 Å². The number of halogens is 2. The van der Waals surface area contributed by atoms with Crippen LogP contribution in [0.2, 0.25) is 10.0 Å². The van der Waals surface area contributed by atoms with Gasteiger partial charge in [-0.25, -0.2) is 4.98 Å². The molecule has 0 aliphatic heterocycles. The number of nitrogens with one attached hydrogen (secondary N) is 1. The maximum Gasteiger partial charge on any atom is 0.0922 e. The number of nitrogens with zero attached hydrogens (tertiary/aromatic N) is 2. The number of aliphatic hydroxyl groups excluding tert-OH is 1. The van der Waals surface area contributed by atoms with Crippen LogP contribution < -0.4 is 0 Å². The van der Waals surface area contributed by atoms with E-state index in [1.54, 1.807) is 13.3 Å². The van der Waals surface area contributed by atoms with Gasteiger partial charge >= 0.3 is 0 Å². The van der Waals surface area contributed by atoms with E-state index in [0.717, 1.165) is 35.4 Å². The summed E-state index contributed by atoms with van der Waals surface area (Å²) in [6, 6.07) is 15.9. The van der Waals surface area contributed by atoms with Gasteiger partial charge in [-0.2, -0.15) is 0 Å². The second-order valence-corrected chi connectivity index (χ2v) is 6.66. The van der Waals surface area contributed by atoms with Crippen molar-refractivity contribution in [1.29, 1.82) is 0 Å². The maximum absolute atomic E-state index is 7.57. The van der Waals surface area contributed by atoms with Crippen LogP contribution in [-0.4, -0.2) is 26.6 Å². The molecule has 0 saturated heterocycles. The second-order valence-electron chi connectivity index (χ2n) is 5.79. The van der Waals surface area contributed by atoms with Crippen molar-refractivity contribution in [2.75, 3.05) is 6.61 Å². The Kier molecular flexibility index (Phi) is 8.65. The van der Waals surface area contributed by atoms with Crippen LogP contribution in [0.5, 0.6) is 0 Å². The molecule has 26 heavy (non-hydrogen) atoms. The molecule has 0 spiro atoms. The highest BCUT2D eigenvalue weighted by molar-refractivity contribution is 6.30. The van der Waals surface area contributed by atoms with Crippen molar-refractivity contribution in [2.24, 2.45) is 0 Å². The Morgan fingerprint density at radius 1 is 0.885 bits per heavy atom. The van der Waals surface area contributed by atoms with E-state index in [-0.39, 0.29) is 6.61 Å². The number of aromatic amines is 1. The van der Waals surface area contributed by atoms with E-state index < -0.39 is 0 Å². The predicted octanol–water partition coefficient (Wildman–Crippen LogP) is 4.92. The third-order valence-corrected chi connectivity index (χ3v) is 4.09. The number of aliphatic hydroxyl groups is 1. The quantitative estimate of drug-likeness (QED) is 0.626. The van der Waals surface area contributed by atoms with Gasteiger partial charge in [-0.1, -0.05) is 47.5 Å². The van der Waals surface area contributed by atoms with Crippen LogP contribution in [0, 0.1) is 0 Å². The molecule has 0 amide bonds. The molecule has 0 aliphatic rings. The largest absolute Gasteiger partial charge is 0.397 e. The topological polar surface area (TPSA) is 52.1 Å². The van der Waals surface area contributed by atoms with E-state index in [1.807, 2.05) is 30.5 Å². The van der Waals surface area contributed by atoms with E-state index in [2.05, 4.69) is 39.1 Å². The molecule has 0 saturated carbocycles. The normalized spacial score (nSPS) is 10.5. The molecule has 1 heterocycles. The third kappa shape index (κ3) is 7.18. The molecule has 0 radical (unpaired) electrons. The maximum atomic E-state index is 7.57. The molecule has 1 aromatic heterocycles. The summed E-state index contributed by atoms with van der Waals surface area (Å²) in [5.41, 5.74) is 3.54. The number of benzene rings is 2. The van der Waals surface area contributed by atoms with E-state index >= 15 is 0 Å². The lowest BCUT2D eigenvalue weighted by molar-refractivity contribution is 0.245. The molecular weight excluding hydrogens is 369 g/mol. The second kappa shape index (κ2) is 11.0. The van der Waals surface area contributed by atoms with Gasteiger partial charge in [0.2, 0.25) is 0 Å². The number of hydrogen-bond donors (Lipinski definition) is 2. The first-order chi connectivity index (χ1) is 12.6. The van der Waals surface area contributed by atoms with Crippen molar-refractivity contribution in [3.8, 4) is 0 Å². The van der Waals surface area contributed by atoms with Crippen LogP contribution >= 0.6 is 23.2 Å². The SMILES string of the molecule is CCO.Clc1ccc(CN(Cc2ccc(Cl)cc2)Cc2cnc[nH]2)cc1. The fourth-order valence-corrected chi connectivity index (χ4v) is 2.73. The van der Waals surface area contributed by atoms with Gasteiger partial charge in [-0.15, -0.1) is 0 Å². The Hall–Kier alpha value is -1.85. The number of H-pyrrole nitrogens is 1. The monoisotopic (exact) mass is 391 g/mol. The van der Waals surface area contributed by atoms with Gasteiger partial charge in [0.05, 0.1) is 6.33 Å². The highest BCUT2D eigenvalue weighted by Crippen LogP contribution is 2.17. The van der Waals surface area contributed by atoms with Crippen LogP contribution in [0.4, 0.5) is 0 Å². The zero-order chi connectivity index (χ0) is 18.8. The van der Waals surface area contributed by atoms with E-state index in [0.29, 0.717) is 0 Å². The summed E-state index contributed by atoms with van der Waals surface area (Å²) in [7, 11) is 0. The van der Waals surface area contributed by atoms with Crippen LogP contribution in [0.25, 0.3) is 0 Å². The standard InChI is InChI=1S/C18H17Cl2N3.C2H6O/c19-16-5-1-14(2-6-16)10-23(12-18-9-21-13-22-18)11-15-3-7-17(20)8-4-15;1-2-3/h1-9,13H,10-12H2,(H,21,22);3H,2H2,1H3. The molecule has 138 valence electrons. The first kappa shape index (κ1) is 20.5. The van der Waals surface area contributed by atoms with Crippen LogP contribution in [0.1, 0.15) is 23.7 Å². The van der Waals surface area contributed by atoms with Gasteiger partial charge in [0, 0.05) is 48.2 Å². The highest BCUT2D eigenvalue weighted by atomic mass is 35.5. The molecule has 0 bridgehead atoms. The Morgan fingerprint density at radius 3 is 1.73 bits per heavy atom. The molecule has 3 rings (SSSR count). The Labute approximate surface area is 164 Å².